The number of hydrogen-bond acceptors (Lipinski definition) is 6. The van der Waals surface area contributed by atoms with E-state index in [0.717, 1.165) is 67.6 Å². The van der Waals surface area contributed by atoms with E-state index in [0.29, 0.717) is 13.0 Å². The van der Waals surface area contributed by atoms with Crippen LogP contribution >= 0.6 is 23.1 Å². The SMILES string of the molecule is CCOc1ccc2nc(SCCCCCC3(CN([O-])CC(F)(F)F)c4ccccc4-c4ccccc43)sc2c1. The van der Waals surface area contributed by atoms with Crippen molar-refractivity contribution in [3.05, 3.63) is 83.1 Å². The van der Waals surface area contributed by atoms with E-state index >= 15 is 0 Å². The maximum absolute atomic E-state index is 13.1. The first-order chi connectivity index (χ1) is 18.8. The van der Waals surface area contributed by atoms with Crippen LogP contribution in [-0.2, 0) is 5.41 Å². The number of halogens is 3. The van der Waals surface area contributed by atoms with E-state index in [1.54, 1.807) is 23.1 Å². The molecule has 0 aliphatic heterocycles. The molecule has 5 rings (SSSR count). The number of aromatic nitrogens is 1. The number of alkyl halides is 3. The fourth-order valence-electron chi connectivity index (χ4n) is 5.56. The summed E-state index contributed by atoms with van der Waals surface area (Å²) in [5.41, 5.74) is 4.11. The number of nitrogens with zero attached hydrogens (tertiary/aromatic N) is 2. The number of ether oxygens (including phenoxy) is 1. The predicted octanol–water partition coefficient (Wildman–Crippen LogP) is 8.68. The van der Waals surface area contributed by atoms with Crippen molar-refractivity contribution < 1.29 is 17.9 Å². The van der Waals surface area contributed by atoms with Crippen LogP contribution in [-0.4, -0.2) is 41.7 Å². The maximum atomic E-state index is 13.1. The van der Waals surface area contributed by atoms with Crippen LogP contribution in [0.3, 0.4) is 0 Å². The molecule has 4 nitrogen and oxygen atoms in total. The summed E-state index contributed by atoms with van der Waals surface area (Å²) in [4.78, 5) is 4.71. The van der Waals surface area contributed by atoms with Crippen LogP contribution in [0.1, 0.15) is 43.7 Å². The molecule has 206 valence electrons. The summed E-state index contributed by atoms with van der Waals surface area (Å²) in [7, 11) is 0. The van der Waals surface area contributed by atoms with E-state index in [1.807, 2.05) is 73.7 Å². The van der Waals surface area contributed by atoms with Gasteiger partial charge in [-0.05, 0) is 66.8 Å². The summed E-state index contributed by atoms with van der Waals surface area (Å²) in [5, 5.41) is 12.8. The standard InChI is InChI=1S/C30H30F3N2O2S2/c1-2-37-21-14-15-26-27(18-21)39-28(34-26)38-17-9-3-8-16-29(19-35(36)20-30(31,32)33)24-12-6-4-10-22(24)23-11-5-7-13-25(23)29/h4-7,10-15,18H,2-3,8-9,16-17,19-20H2,1H3/q-1. The molecule has 1 aliphatic carbocycles. The van der Waals surface area contributed by atoms with Gasteiger partial charge in [0.1, 0.15) is 5.75 Å². The first-order valence-corrected chi connectivity index (χ1v) is 14.9. The summed E-state index contributed by atoms with van der Waals surface area (Å²) in [5.74, 6) is 1.75. The maximum Gasteiger partial charge on any atom is 0.400 e. The molecule has 0 atom stereocenters. The van der Waals surface area contributed by atoms with Crippen LogP contribution < -0.4 is 4.74 Å². The molecular weight excluding hydrogens is 541 g/mol. The molecule has 0 N–H and O–H groups in total. The van der Waals surface area contributed by atoms with Crippen molar-refractivity contribution in [3.8, 4) is 16.9 Å². The van der Waals surface area contributed by atoms with Gasteiger partial charge in [-0.3, -0.25) is 0 Å². The van der Waals surface area contributed by atoms with E-state index < -0.39 is 18.1 Å². The van der Waals surface area contributed by atoms with Crippen molar-refractivity contribution in [1.82, 2.24) is 10.0 Å². The van der Waals surface area contributed by atoms with Crippen molar-refractivity contribution in [2.24, 2.45) is 0 Å². The minimum Gasteiger partial charge on any atom is -0.785 e. The molecule has 0 saturated carbocycles. The minimum absolute atomic E-state index is 0.193. The number of unbranched alkanes of at least 4 members (excludes halogenated alkanes) is 2. The Bertz CT molecular complexity index is 1380. The number of benzene rings is 3. The Kier molecular flexibility index (Phi) is 8.52. The molecule has 0 bridgehead atoms. The second-order valence-electron chi connectivity index (χ2n) is 9.79. The topological polar surface area (TPSA) is 48.4 Å². The number of fused-ring (bicyclic) bond motifs is 4. The van der Waals surface area contributed by atoms with Crippen LogP contribution in [0.5, 0.6) is 5.75 Å². The summed E-state index contributed by atoms with van der Waals surface area (Å²) in [6.45, 7) is 0.900. The molecule has 0 fully saturated rings. The second-order valence-corrected chi connectivity index (χ2v) is 12.2. The van der Waals surface area contributed by atoms with Gasteiger partial charge in [-0.25, -0.2) is 4.98 Å². The van der Waals surface area contributed by atoms with Crippen molar-refractivity contribution in [2.45, 2.75) is 48.5 Å². The third-order valence-corrected chi connectivity index (χ3v) is 9.35. The lowest BCUT2D eigenvalue weighted by Crippen LogP contribution is -2.41. The van der Waals surface area contributed by atoms with E-state index in [1.165, 1.54) is 0 Å². The van der Waals surface area contributed by atoms with Crippen LogP contribution in [0.25, 0.3) is 21.3 Å². The molecule has 0 unspecified atom stereocenters. The lowest BCUT2D eigenvalue weighted by Gasteiger charge is -2.41. The zero-order chi connectivity index (χ0) is 27.5. The average molecular weight is 572 g/mol. The Morgan fingerprint density at radius 1 is 0.974 bits per heavy atom. The van der Waals surface area contributed by atoms with Gasteiger partial charge in [-0.1, -0.05) is 73.1 Å². The van der Waals surface area contributed by atoms with Crippen LogP contribution in [0, 0.1) is 5.21 Å². The normalized spacial score (nSPS) is 14.1. The molecule has 0 amide bonds. The molecule has 0 saturated heterocycles. The Hall–Kier alpha value is -2.59. The average Bonchev–Trinajstić information content (AvgIpc) is 3.42. The highest BCUT2D eigenvalue weighted by molar-refractivity contribution is 8.01. The van der Waals surface area contributed by atoms with E-state index in [-0.39, 0.29) is 11.6 Å². The van der Waals surface area contributed by atoms with E-state index in [2.05, 4.69) is 0 Å². The van der Waals surface area contributed by atoms with Crippen LogP contribution in [0.2, 0.25) is 0 Å². The van der Waals surface area contributed by atoms with Gasteiger partial charge in [0.15, 0.2) is 4.34 Å². The van der Waals surface area contributed by atoms with Gasteiger partial charge >= 0.3 is 6.18 Å². The Morgan fingerprint density at radius 2 is 1.67 bits per heavy atom. The quantitative estimate of drug-likeness (QED) is 0.0967. The van der Waals surface area contributed by atoms with Gasteiger partial charge in [0.2, 0.25) is 0 Å². The number of thiazole rings is 1. The number of hydroxylamine groups is 2. The largest absolute Gasteiger partial charge is 0.785 e. The summed E-state index contributed by atoms with van der Waals surface area (Å²) >= 11 is 3.38. The molecule has 4 aromatic rings. The van der Waals surface area contributed by atoms with E-state index in [4.69, 9.17) is 9.72 Å². The third kappa shape index (κ3) is 6.27. The summed E-state index contributed by atoms with van der Waals surface area (Å²) < 4.78 is 47.0. The fraction of sp³-hybridized carbons (Fsp3) is 0.367. The van der Waals surface area contributed by atoms with Gasteiger partial charge in [-0.15, -0.1) is 11.3 Å². The van der Waals surface area contributed by atoms with Crippen molar-refractivity contribution >= 4 is 33.3 Å². The number of thioether (sulfide) groups is 1. The van der Waals surface area contributed by atoms with Crippen LogP contribution in [0.15, 0.2) is 71.1 Å². The molecule has 0 radical (unpaired) electrons. The zero-order valence-electron chi connectivity index (χ0n) is 21.7. The monoisotopic (exact) mass is 571 g/mol. The van der Waals surface area contributed by atoms with Crippen molar-refractivity contribution in [1.29, 1.82) is 0 Å². The molecule has 9 heteroatoms. The van der Waals surface area contributed by atoms with Gasteiger partial charge in [0.25, 0.3) is 0 Å². The molecular formula is C30H30F3N2O2S2-. The van der Waals surface area contributed by atoms with Crippen molar-refractivity contribution in [3.63, 3.8) is 0 Å². The molecule has 1 aromatic heterocycles. The first kappa shape index (κ1) is 28.0. The van der Waals surface area contributed by atoms with Crippen molar-refractivity contribution in [2.75, 3.05) is 25.4 Å². The summed E-state index contributed by atoms with van der Waals surface area (Å²) in [6.07, 6.45) is -1.25. The molecule has 1 heterocycles. The molecule has 0 spiro atoms. The fourth-order valence-corrected chi connectivity index (χ4v) is 7.72. The van der Waals surface area contributed by atoms with Crippen LogP contribution in [0.4, 0.5) is 13.2 Å². The van der Waals surface area contributed by atoms with Gasteiger partial charge < -0.3 is 15.0 Å². The lowest BCUT2D eigenvalue weighted by molar-refractivity contribution is -0.141. The van der Waals surface area contributed by atoms with Gasteiger partial charge in [-0.2, -0.15) is 13.2 Å². The van der Waals surface area contributed by atoms with Gasteiger partial charge in [0, 0.05) is 11.2 Å². The highest BCUT2D eigenvalue weighted by Gasteiger charge is 2.43. The van der Waals surface area contributed by atoms with E-state index in [9.17, 15) is 18.4 Å². The number of rotatable bonds is 12. The molecule has 3 aromatic carbocycles. The Balaban J connectivity index is 1.25. The molecule has 39 heavy (non-hydrogen) atoms. The Morgan fingerprint density at radius 3 is 2.33 bits per heavy atom. The zero-order valence-corrected chi connectivity index (χ0v) is 23.3. The molecule has 1 aliphatic rings. The summed E-state index contributed by atoms with van der Waals surface area (Å²) in [6, 6.07) is 21.6. The minimum atomic E-state index is -4.54. The second kappa shape index (κ2) is 11.9. The number of hydrogen-bond donors (Lipinski definition) is 0. The van der Waals surface area contributed by atoms with Gasteiger partial charge in [0.05, 0.1) is 23.4 Å². The first-order valence-electron chi connectivity index (χ1n) is 13.1. The highest BCUT2D eigenvalue weighted by atomic mass is 32.2. The predicted molar refractivity (Wildman–Crippen MR) is 154 cm³/mol. The smallest absolute Gasteiger partial charge is 0.400 e. The highest BCUT2D eigenvalue weighted by Crippen LogP contribution is 2.52. The lowest BCUT2D eigenvalue weighted by atomic mass is 9.74. The Labute approximate surface area is 234 Å². The third-order valence-electron chi connectivity index (χ3n) is 7.10.